The zero-order valence-electron chi connectivity index (χ0n) is 40.3. The fourth-order valence-electron chi connectivity index (χ4n) is 11.1. The number of allylic oxidation sites excluding steroid dienone is 1. The number of nitrogens with zero attached hydrogens (tertiary/aromatic N) is 1. The van der Waals surface area contributed by atoms with Gasteiger partial charge in [-0.25, -0.2) is 4.79 Å². The molecule has 360 valence electrons. The Hall–Kier alpha value is -6.44. The summed E-state index contributed by atoms with van der Waals surface area (Å²) in [5, 5.41) is 3.47. The molecule has 1 heterocycles. The van der Waals surface area contributed by atoms with Gasteiger partial charge in [-0.2, -0.15) is 0 Å². The van der Waals surface area contributed by atoms with Gasteiger partial charge in [0.25, 0.3) is 0 Å². The van der Waals surface area contributed by atoms with E-state index in [1.165, 1.54) is 56.9 Å². The molecule has 2 amide bonds. The lowest BCUT2D eigenvalue weighted by Crippen LogP contribution is -2.51. The molecule has 70 heavy (non-hydrogen) atoms. The van der Waals surface area contributed by atoms with Crippen LogP contribution in [0, 0.1) is 0 Å². The fourth-order valence-corrected chi connectivity index (χ4v) is 11.3. The number of alkyl carbamates (subject to hydrolysis) is 1. The van der Waals surface area contributed by atoms with Gasteiger partial charge in [-0.05, 0) is 95.0 Å². The van der Waals surface area contributed by atoms with Gasteiger partial charge in [0.2, 0.25) is 5.91 Å². The van der Waals surface area contributed by atoms with Gasteiger partial charge in [0.1, 0.15) is 12.6 Å². The number of fused-ring (bicyclic) bond motifs is 3. The number of amides is 2. The van der Waals surface area contributed by atoms with Crippen molar-refractivity contribution in [3.63, 3.8) is 0 Å². The average Bonchev–Trinajstić information content (AvgIpc) is 3.79. The van der Waals surface area contributed by atoms with E-state index in [1.807, 2.05) is 108 Å². The van der Waals surface area contributed by atoms with Gasteiger partial charge < -0.3 is 19.7 Å². The van der Waals surface area contributed by atoms with Gasteiger partial charge in [-0.1, -0.05) is 202 Å². The predicted molar refractivity (Wildman–Crippen MR) is 281 cm³/mol. The van der Waals surface area contributed by atoms with Crippen LogP contribution in [0.4, 0.5) is 4.79 Å². The summed E-state index contributed by atoms with van der Waals surface area (Å²) in [7, 11) is 0. The molecule has 1 unspecified atom stereocenters. The summed E-state index contributed by atoms with van der Waals surface area (Å²) in [5.74, 6) is -0.0614. The minimum Gasteiger partial charge on any atom is -0.449 e. The molecule has 0 radical (unpaired) electrons. The Morgan fingerprint density at radius 3 is 1.87 bits per heavy atom. The van der Waals surface area contributed by atoms with Gasteiger partial charge in [0, 0.05) is 53.6 Å². The molecule has 8 heteroatoms. The van der Waals surface area contributed by atoms with E-state index in [9.17, 15) is 14.4 Å². The summed E-state index contributed by atoms with van der Waals surface area (Å²) in [5.41, 5.74) is 9.49. The van der Waals surface area contributed by atoms with Crippen molar-refractivity contribution in [1.82, 2.24) is 10.2 Å². The molecule has 0 aromatic heterocycles. The summed E-state index contributed by atoms with van der Waals surface area (Å²) in [6.45, 7) is 5.89. The number of hydrogen-bond acceptors (Lipinski definition) is 5. The largest absolute Gasteiger partial charge is 0.449 e. The van der Waals surface area contributed by atoms with E-state index in [2.05, 4.69) is 60.4 Å². The molecule has 2 atom stereocenters. The lowest BCUT2D eigenvalue weighted by atomic mass is 9.78. The van der Waals surface area contributed by atoms with Crippen molar-refractivity contribution in [1.29, 1.82) is 0 Å². The van der Waals surface area contributed by atoms with Gasteiger partial charge >= 0.3 is 12.1 Å². The lowest BCUT2D eigenvalue weighted by Gasteiger charge is -2.36. The number of piperidine rings is 1. The van der Waals surface area contributed by atoms with Crippen molar-refractivity contribution in [3.05, 3.63) is 208 Å². The zero-order chi connectivity index (χ0) is 48.3. The number of nitrogens with one attached hydrogen (secondary N) is 1. The molecule has 7 nitrogen and oxygen atoms in total. The number of likely N-dealkylation sites (tertiary alicyclic amines) is 1. The molecule has 1 saturated carbocycles. The van der Waals surface area contributed by atoms with Gasteiger partial charge in [-0.3, -0.25) is 9.59 Å². The molecule has 1 saturated heterocycles. The number of carbonyl (C=O) groups is 3. The third kappa shape index (κ3) is 11.1. The second-order valence-electron chi connectivity index (χ2n) is 19.4. The highest BCUT2D eigenvalue weighted by atomic mass is 35.5. The van der Waals surface area contributed by atoms with Crippen molar-refractivity contribution in [2.75, 3.05) is 19.7 Å². The molecular formula is C62H65ClN2O5. The van der Waals surface area contributed by atoms with Gasteiger partial charge in [0.15, 0.2) is 5.60 Å². The standard InChI is InChI=1S/C62H65ClN2O5/c1-44(30-39-59(66)70-62(49-22-10-6-11-23-49,56-28-16-17-29-57(56)63)50-37-35-48(36-38-50)47-20-8-4-2-3-5-9-21-47)46-33-31-45(32-34-46)42-58(60(67)65-40-18-7-19-41-65)64-61(68)69-43-55-53-26-14-12-24-51(53)52-25-13-15-27-54(52)55/h6,10-17,22-29,31-38,47,55,58H,1-5,7-9,18-21,30,39-43H2,(H,64,68)/t58-,62?/m0/s1. The topological polar surface area (TPSA) is 84.9 Å². The van der Waals surface area contributed by atoms with E-state index in [0.29, 0.717) is 42.4 Å². The first kappa shape index (κ1) is 48.6. The number of halogens is 1. The van der Waals surface area contributed by atoms with Crippen LogP contribution in [0.3, 0.4) is 0 Å². The monoisotopic (exact) mass is 952 g/mol. The van der Waals surface area contributed by atoms with E-state index in [-0.39, 0.29) is 30.8 Å². The second kappa shape index (κ2) is 23.0. The van der Waals surface area contributed by atoms with Gasteiger partial charge in [0.05, 0.1) is 0 Å². The average molecular weight is 954 g/mol. The van der Waals surface area contributed by atoms with Crippen LogP contribution < -0.4 is 5.32 Å². The molecule has 6 aromatic rings. The summed E-state index contributed by atoms with van der Waals surface area (Å²) >= 11 is 7.04. The molecule has 6 aromatic carbocycles. The predicted octanol–water partition coefficient (Wildman–Crippen LogP) is 14.3. The van der Waals surface area contributed by atoms with Crippen LogP contribution in [-0.2, 0) is 31.1 Å². The molecule has 1 N–H and O–H groups in total. The molecule has 0 bridgehead atoms. The van der Waals surface area contributed by atoms with Gasteiger partial charge in [-0.15, -0.1) is 0 Å². The first-order valence-electron chi connectivity index (χ1n) is 25.6. The number of benzene rings is 6. The maximum atomic E-state index is 14.3. The summed E-state index contributed by atoms with van der Waals surface area (Å²) in [6, 6.07) is 49.8. The highest BCUT2D eigenvalue weighted by Crippen LogP contribution is 2.46. The van der Waals surface area contributed by atoms with Crippen LogP contribution in [0.15, 0.2) is 158 Å². The third-order valence-corrected chi connectivity index (χ3v) is 15.2. The lowest BCUT2D eigenvalue weighted by molar-refractivity contribution is -0.153. The summed E-state index contributed by atoms with van der Waals surface area (Å²) in [6.07, 6.45) is 13.2. The summed E-state index contributed by atoms with van der Waals surface area (Å²) < 4.78 is 12.7. The van der Waals surface area contributed by atoms with E-state index >= 15 is 0 Å². The molecule has 3 aliphatic rings. The Bertz CT molecular complexity index is 2690. The quantitative estimate of drug-likeness (QED) is 0.0819. The minimum absolute atomic E-state index is 0.0899. The molecule has 2 aliphatic carbocycles. The SMILES string of the molecule is C=C(CCC(=O)OC(c1ccccc1)(c1ccc(C2CCCCCCCC2)cc1)c1ccccc1Cl)c1ccc(C[C@H](NC(=O)OCC2c3ccccc3-c3ccccc32)C(=O)N2CCCCC2)cc1. The normalized spacial score (nSPS) is 16.6. The zero-order valence-corrected chi connectivity index (χ0v) is 41.0. The third-order valence-electron chi connectivity index (χ3n) is 14.9. The highest BCUT2D eigenvalue weighted by molar-refractivity contribution is 6.31. The first-order valence-corrected chi connectivity index (χ1v) is 26.0. The first-order chi connectivity index (χ1) is 34.3. The van der Waals surface area contributed by atoms with Crippen molar-refractivity contribution >= 4 is 35.1 Å². The van der Waals surface area contributed by atoms with Crippen molar-refractivity contribution in [3.8, 4) is 11.1 Å². The number of rotatable bonds is 15. The summed E-state index contributed by atoms with van der Waals surface area (Å²) in [4.78, 5) is 43.8. The second-order valence-corrected chi connectivity index (χ2v) is 19.8. The van der Waals surface area contributed by atoms with Crippen LogP contribution in [0.25, 0.3) is 16.7 Å². The van der Waals surface area contributed by atoms with E-state index < -0.39 is 17.7 Å². The maximum absolute atomic E-state index is 14.3. The van der Waals surface area contributed by atoms with Crippen molar-refractivity contribution in [2.24, 2.45) is 0 Å². The number of ether oxygens (including phenoxy) is 2. The van der Waals surface area contributed by atoms with Crippen molar-refractivity contribution < 1.29 is 23.9 Å². The Labute approximate surface area is 419 Å². The molecule has 2 fully saturated rings. The van der Waals surface area contributed by atoms with E-state index in [4.69, 9.17) is 21.1 Å². The van der Waals surface area contributed by atoms with Crippen LogP contribution in [0.5, 0.6) is 0 Å². The number of carbonyl (C=O) groups excluding carboxylic acids is 3. The Morgan fingerprint density at radius 1 is 0.643 bits per heavy atom. The molecule has 1 aliphatic heterocycles. The van der Waals surface area contributed by atoms with E-state index in [0.717, 1.165) is 69.3 Å². The Morgan fingerprint density at radius 2 is 1.21 bits per heavy atom. The highest BCUT2D eigenvalue weighted by Gasteiger charge is 2.42. The van der Waals surface area contributed by atoms with E-state index in [1.54, 1.807) is 0 Å². The Kier molecular flexibility index (Phi) is 16.0. The Balaban J connectivity index is 0.882. The van der Waals surface area contributed by atoms with Crippen LogP contribution in [0.2, 0.25) is 5.02 Å². The molecule has 0 spiro atoms. The van der Waals surface area contributed by atoms with Crippen LogP contribution in [-0.4, -0.2) is 48.6 Å². The minimum atomic E-state index is -1.30. The van der Waals surface area contributed by atoms with Crippen LogP contribution >= 0.6 is 11.6 Å². The van der Waals surface area contributed by atoms with Crippen LogP contribution in [0.1, 0.15) is 140 Å². The number of hydrogen-bond donors (Lipinski definition) is 1. The number of esters is 1. The molecule has 9 rings (SSSR count). The fraction of sp³-hybridized carbons (Fsp3) is 0.339. The maximum Gasteiger partial charge on any atom is 0.407 e. The smallest absolute Gasteiger partial charge is 0.407 e. The van der Waals surface area contributed by atoms with Crippen molar-refractivity contribution in [2.45, 2.75) is 113 Å². The molecular weight excluding hydrogens is 888 g/mol.